The molecule has 0 unspecified atom stereocenters. The average molecular weight is 185 g/mol. The highest BCUT2D eigenvalue weighted by molar-refractivity contribution is 7.80. The SMILES string of the molecule is CCCCCNc1c[nH]c(S)n1. The Morgan fingerprint density at radius 3 is 3.00 bits per heavy atom. The van der Waals surface area contributed by atoms with Gasteiger partial charge in [0.15, 0.2) is 5.16 Å². The fraction of sp³-hybridized carbons (Fsp3) is 0.625. The van der Waals surface area contributed by atoms with E-state index in [-0.39, 0.29) is 0 Å². The number of rotatable bonds is 5. The Kier molecular flexibility index (Phi) is 4.00. The molecule has 0 radical (unpaired) electrons. The summed E-state index contributed by atoms with van der Waals surface area (Å²) in [6.45, 7) is 3.19. The van der Waals surface area contributed by atoms with E-state index >= 15 is 0 Å². The second kappa shape index (κ2) is 5.09. The van der Waals surface area contributed by atoms with Crippen LogP contribution in [-0.2, 0) is 0 Å². The zero-order chi connectivity index (χ0) is 8.81. The number of imidazole rings is 1. The molecule has 2 N–H and O–H groups in total. The minimum absolute atomic E-state index is 0.660. The Morgan fingerprint density at radius 2 is 2.42 bits per heavy atom. The molecule has 0 bridgehead atoms. The average Bonchev–Trinajstić information content (AvgIpc) is 2.45. The molecule has 1 aromatic heterocycles. The van der Waals surface area contributed by atoms with Crippen LogP contribution in [0.4, 0.5) is 5.82 Å². The van der Waals surface area contributed by atoms with Gasteiger partial charge in [-0.15, -0.1) is 12.6 Å². The smallest absolute Gasteiger partial charge is 0.164 e. The van der Waals surface area contributed by atoms with E-state index in [0.717, 1.165) is 12.4 Å². The molecular weight excluding hydrogens is 170 g/mol. The van der Waals surface area contributed by atoms with Crippen LogP contribution in [0.1, 0.15) is 26.2 Å². The van der Waals surface area contributed by atoms with Crippen LogP contribution in [0.2, 0.25) is 0 Å². The zero-order valence-electron chi connectivity index (χ0n) is 7.30. The van der Waals surface area contributed by atoms with Crippen molar-refractivity contribution >= 4 is 18.4 Å². The maximum Gasteiger partial charge on any atom is 0.164 e. The van der Waals surface area contributed by atoms with Crippen LogP contribution >= 0.6 is 12.6 Å². The number of nitrogens with one attached hydrogen (secondary N) is 2. The molecule has 0 fully saturated rings. The molecule has 0 amide bonds. The summed E-state index contributed by atoms with van der Waals surface area (Å²) in [4.78, 5) is 7.01. The molecule has 68 valence electrons. The third-order valence-corrected chi connectivity index (χ3v) is 1.88. The van der Waals surface area contributed by atoms with Gasteiger partial charge in [-0.25, -0.2) is 4.98 Å². The summed E-state index contributed by atoms with van der Waals surface area (Å²) in [5.74, 6) is 0.885. The maximum atomic E-state index is 4.11. The monoisotopic (exact) mass is 185 g/mol. The lowest BCUT2D eigenvalue weighted by Crippen LogP contribution is -2.00. The van der Waals surface area contributed by atoms with Gasteiger partial charge in [-0.3, -0.25) is 0 Å². The molecule has 0 aliphatic rings. The summed E-state index contributed by atoms with van der Waals surface area (Å²) in [5, 5.41) is 3.87. The van der Waals surface area contributed by atoms with E-state index < -0.39 is 0 Å². The van der Waals surface area contributed by atoms with Gasteiger partial charge in [-0.05, 0) is 6.42 Å². The third kappa shape index (κ3) is 3.17. The quantitative estimate of drug-likeness (QED) is 0.486. The van der Waals surface area contributed by atoms with E-state index in [1.807, 2.05) is 6.20 Å². The first-order valence-electron chi connectivity index (χ1n) is 4.31. The van der Waals surface area contributed by atoms with Gasteiger partial charge >= 0.3 is 0 Å². The fourth-order valence-electron chi connectivity index (χ4n) is 0.994. The number of unbranched alkanes of at least 4 members (excludes halogenated alkanes) is 2. The first kappa shape index (κ1) is 9.45. The van der Waals surface area contributed by atoms with Crippen molar-refractivity contribution in [1.29, 1.82) is 0 Å². The fourth-order valence-corrected chi connectivity index (χ4v) is 1.17. The highest BCUT2D eigenvalue weighted by Crippen LogP contribution is 2.06. The molecule has 0 atom stereocenters. The van der Waals surface area contributed by atoms with Gasteiger partial charge in [-0.1, -0.05) is 19.8 Å². The molecule has 0 aliphatic heterocycles. The number of H-pyrrole nitrogens is 1. The van der Waals surface area contributed by atoms with E-state index in [4.69, 9.17) is 0 Å². The van der Waals surface area contributed by atoms with Crippen molar-refractivity contribution in [2.24, 2.45) is 0 Å². The molecule has 0 aliphatic carbocycles. The van der Waals surface area contributed by atoms with E-state index in [0.29, 0.717) is 5.16 Å². The van der Waals surface area contributed by atoms with Crippen LogP contribution in [0, 0.1) is 0 Å². The molecule has 12 heavy (non-hydrogen) atoms. The van der Waals surface area contributed by atoms with Gasteiger partial charge in [0.05, 0.1) is 0 Å². The lowest BCUT2D eigenvalue weighted by Gasteiger charge is -2.00. The van der Waals surface area contributed by atoms with Crippen molar-refractivity contribution in [1.82, 2.24) is 9.97 Å². The summed E-state index contributed by atoms with van der Waals surface area (Å²) < 4.78 is 0. The third-order valence-electron chi connectivity index (χ3n) is 1.65. The lowest BCUT2D eigenvalue weighted by molar-refractivity contribution is 0.742. The molecule has 1 rings (SSSR count). The van der Waals surface area contributed by atoms with E-state index in [1.165, 1.54) is 19.3 Å². The summed E-state index contributed by atoms with van der Waals surface area (Å²) in [6.07, 6.45) is 5.55. The molecule has 0 saturated heterocycles. The van der Waals surface area contributed by atoms with Crippen LogP contribution < -0.4 is 5.32 Å². The normalized spacial score (nSPS) is 10.2. The highest BCUT2D eigenvalue weighted by atomic mass is 32.1. The first-order valence-corrected chi connectivity index (χ1v) is 4.76. The van der Waals surface area contributed by atoms with Crippen molar-refractivity contribution in [2.75, 3.05) is 11.9 Å². The van der Waals surface area contributed by atoms with Gasteiger partial charge in [0.2, 0.25) is 0 Å². The number of hydrogen-bond donors (Lipinski definition) is 3. The summed E-state index contributed by atoms with van der Waals surface area (Å²) in [7, 11) is 0. The lowest BCUT2D eigenvalue weighted by atomic mass is 10.2. The molecule has 3 nitrogen and oxygen atoms in total. The van der Waals surface area contributed by atoms with Gasteiger partial charge in [0.1, 0.15) is 5.82 Å². The molecule has 0 aromatic carbocycles. The van der Waals surface area contributed by atoms with Gasteiger partial charge in [0.25, 0.3) is 0 Å². The van der Waals surface area contributed by atoms with Crippen LogP contribution in [-0.4, -0.2) is 16.5 Å². The van der Waals surface area contributed by atoms with Crippen LogP contribution in [0.3, 0.4) is 0 Å². The molecule has 1 aromatic rings. The second-order valence-corrected chi connectivity index (χ2v) is 3.17. The predicted molar refractivity (Wildman–Crippen MR) is 53.9 cm³/mol. The molecule has 0 saturated carbocycles. The maximum absolute atomic E-state index is 4.11. The topological polar surface area (TPSA) is 40.7 Å². The Morgan fingerprint density at radius 1 is 1.58 bits per heavy atom. The van der Waals surface area contributed by atoms with Gasteiger partial charge < -0.3 is 10.3 Å². The Balaban J connectivity index is 2.15. The second-order valence-electron chi connectivity index (χ2n) is 2.74. The van der Waals surface area contributed by atoms with Crippen LogP contribution in [0.15, 0.2) is 11.4 Å². The standard InChI is InChI=1S/C8H15N3S/c1-2-3-4-5-9-7-6-10-8(12)11-7/h6,9H,2-5H2,1H3,(H2,10,11,12). The number of aromatic amines is 1. The van der Waals surface area contributed by atoms with Crippen molar-refractivity contribution in [3.8, 4) is 0 Å². The minimum atomic E-state index is 0.660. The summed E-state index contributed by atoms with van der Waals surface area (Å²) in [6, 6.07) is 0. The molecule has 0 spiro atoms. The zero-order valence-corrected chi connectivity index (χ0v) is 8.19. The highest BCUT2D eigenvalue weighted by Gasteiger charge is 1.94. The largest absolute Gasteiger partial charge is 0.369 e. The number of anilines is 1. The van der Waals surface area contributed by atoms with Crippen molar-refractivity contribution in [3.05, 3.63) is 6.20 Å². The summed E-state index contributed by atoms with van der Waals surface area (Å²) >= 11 is 4.06. The van der Waals surface area contributed by atoms with E-state index in [1.54, 1.807) is 0 Å². The Labute approximate surface area is 78.4 Å². The number of nitrogens with zero attached hydrogens (tertiary/aromatic N) is 1. The van der Waals surface area contributed by atoms with Crippen LogP contribution in [0.25, 0.3) is 0 Å². The minimum Gasteiger partial charge on any atom is -0.369 e. The van der Waals surface area contributed by atoms with Crippen LogP contribution in [0.5, 0.6) is 0 Å². The predicted octanol–water partition coefficient (Wildman–Crippen LogP) is 2.30. The first-order chi connectivity index (χ1) is 5.83. The molecular formula is C8H15N3S. The van der Waals surface area contributed by atoms with Crippen molar-refractivity contribution in [3.63, 3.8) is 0 Å². The molecule has 4 heteroatoms. The van der Waals surface area contributed by atoms with Gasteiger partial charge in [0, 0.05) is 12.7 Å². The van der Waals surface area contributed by atoms with Gasteiger partial charge in [-0.2, -0.15) is 0 Å². The van der Waals surface area contributed by atoms with E-state index in [9.17, 15) is 0 Å². The Bertz CT molecular complexity index is 222. The van der Waals surface area contributed by atoms with Crippen molar-refractivity contribution < 1.29 is 0 Å². The van der Waals surface area contributed by atoms with Crippen molar-refractivity contribution in [2.45, 2.75) is 31.3 Å². The number of hydrogen-bond acceptors (Lipinski definition) is 3. The Hall–Kier alpha value is -0.640. The summed E-state index contributed by atoms with van der Waals surface area (Å²) in [5.41, 5.74) is 0. The molecule has 1 heterocycles. The van der Waals surface area contributed by atoms with E-state index in [2.05, 4.69) is 34.8 Å². The number of thiol groups is 1. The number of aromatic nitrogens is 2.